The molecule has 0 saturated carbocycles. The molecule has 1 heterocycles. The zero-order valence-corrected chi connectivity index (χ0v) is 11.8. The SMILES string of the molecule is CO[C@@H](CN(C)Cc1cnn(C)c1)c1ccccc1. The molecule has 0 aliphatic heterocycles. The van der Waals surface area contributed by atoms with Crippen molar-refractivity contribution in [2.24, 2.45) is 7.05 Å². The second kappa shape index (κ2) is 6.50. The molecule has 2 aromatic rings. The van der Waals surface area contributed by atoms with E-state index in [0.717, 1.165) is 13.1 Å². The smallest absolute Gasteiger partial charge is 0.0947 e. The first-order chi connectivity index (χ1) is 9.19. The van der Waals surface area contributed by atoms with Crippen LogP contribution >= 0.6 is 0 Å². The molecule has 1 aromatic heterocycles. The van der Waals surface area contributed by atoms with Crippen molar-refractivity contribution in [3.8, 4) is 0 Å². The number of aryl methyl sites for hydroxylation is 1. The summed E-state index contributed by atoms with van der Waals surface area (Å²) in [5.41, 5.74) is 2.43. The van der Waals surface area contributed by atoms with Crippen molar-refractivity contribution in [1.82, 2.24) is 14.7 Å². The molecule has 19 heavy (non-hydrogen) atoms. The summed E-state index contributed by atoms with van der Waals surface area (Å²) >= 11 is 0. The first-order valence-electron chi connectivity index (χ1n) is 6.43. The topological polar surface area (TPSA) is 30.3 Å². The predicted molar refractivity (Wildman–Crippen MR) is 75.7 cm³/mol. The number of nitrogens with zero attached hydrogens (tertiary/aromatic N) is 3. The molecule has 1 aromatic carbocycles. The molecular weight excluding hydrogens is 238 g/mol. The number of methoxy groups -OCH3 is 1. The van der Waals surface area contributed by atoms with Gasteiger partial charge in [-0.15, -0.1) is 0 Å². The fraction of sp³-hybridized carbons (Fsp3) is 0.400. The number of likely N-dealkylation sites (N-methyl/N-ethyl adjacent to an activating group) is 1. The first-order valence-corrected chi connectivity index (χ1v) is 6.43. The zero-order chi connectivity index (χ0) is 13.7. The molecule has 4 nitrogen and oxygen atoms in total. The maximum atomic E-state index is 5.59. The van der Waals surface area contributed by atoms with Gasteiger partial charge in [-0.25, -0.2) is 0 Å². The Hall–Kier alpha value is -1.65. The second-order valence-corrected chi connectivity index (χ2v) is 4.85. The molecule has 0 unspecified atom stereocenters. The van der Waals surface area contributed by atoms with Crippen LogP contribution in [0.5, 0.6) is 0 Å². The minimum absolute atomic E-state index is 0.0999. The highest BCUT2D eigenvalue weighted by atomic mass is 16.5. The highest BCUT2D eigenvalue weighted by Crippen LogP contribution is 2.17. The molecule has 102 valence electrons. The van der Waals surface area contributed by atoms with E-state index < -0.39 is 0 Å². The van der Waals surface area contributed by atoms with E-state index in [-0.39, 0.29) is 6.10 Å². The molecule has 1 atom stereocenters. The third-order valence-electron chi connectivity index (χ3n) is 3.14. The van der Waals surface area contributed by atoms with Crippen LogP contribution in [0.25, 0.3) is 0 Å². The fourth-order valence-corrected chi connectivity index (χ4v) is 2.20. The van der Waals surface area contributed by atoms with Crippen molar-refractivity contribution < 1.29 is 4.74 Å². The standard InChI is InChI=1S/C15H21N3O/c1-17(10-13-9-16-18(2)11-13)12-15(19-3)14-7-5-4-6-8-14/h4-9,11,15H,10,12H2,1-3H3/t15-/m0/s1. The first kappa shape index (κ1) is 13.8. The van der Waals surface area contributed by atoms with Crippen molar-refractivity contribution in [2.75, 3.05) is 20.7 Å². The third-order valence-corrected chi connectivity index (χ3v) is 3.14. The summed E-state index contributed by atoms with van der Waals surface area (Å²) in [5.74, 6) is 0. The maximum Gasteiger partial charge on any atom is 0.0947 e. The summed E-state index contributed by atoms with van der Waals surface area (Å²) in [5, 5.41) is 4.19. The van der Waals surface area contributed by atoms with Crippen molar-refractivity contribution in [1.29, 1.82) is 0 Å². The van der Waals surface area contributed by atoms with Gasteiger partial charge in [0.2, 0.25) is 0 Å². The summed E-state index contributed by atoms with van der Waals surface area (Å²) < 4.78 is 7.41. The molecule has 0 amide bonds. The molecule has 2 rings (SSSR count). The van der Waals surface area contributed by atoms with Crippen LogP contribution in [0.15, 0.2) is 42.7 Å². The van der Waals surface area contributed by atoms with Gasteiger partial charge < -0.3 is 4.74 Å². The zero-order valence-electron chi connectivity index (χ0n) is 11.8. The number of ether oxygens (including phenoxy) is 1. The van der Waals surface area contributed by atoms with E-state index in [1.807, 2.05) is 42.3 Å². The predicted octanol–water partition coefficient (Wildman–Crippen LogP) is 2.24. The van der Waals surface area contributed by atoms with Crippen molar-refractivity contribution in [3.05, 3.63) is 53.9 Å². The lowest BCUT2D eigenvalue weighted by Crippen LogP contribution is -2.25. The quantitative estimate of drug-likeness (QED) is 0.797. The maximum absolute atomic E-state index is 5.59. The monoisotopic (exact) mass is 259 g/mol. The van der Waals surface area contributed by atoms with Gasteiger partial charge in [0.15, 0.2) is 0 Å². The summed E-state index contributed by atoms with van der Waals surface area (Å²) in [4.78, 5) is 2.25. The lowest BCUT2D eigenvalue weighted by Gasteiger charge is -2.23. The normalized spacial score (nSPS) is 12.8. The number of aromatic nitrogens is 2. The van der Waals surface area contributed by atoms with Gasteiger partial charge in [-0.05, 0) is 12.6 Å². The summed E-state index contributed by atoms with van der Waals surface area (Å²) in [7, 11) is 5.79. The average Bonchev–Trinajstić information content (AvgIpc) is 2.82. The Morgan fingerprint density at radius 3 is 2.63 bits per heavy atom. The molecule has 0 bridgehead atoms. The Morgan fingerprint density at radius 1 is 1.32 bits per heavy atom. The number of hydrogen-bond acceptors (Lipinski definition) is 3. The molecule has 0 radical (unpaired) electrons. The molecular formula is C15H21N3O. The van der Waals surface area contributed by atoms with E-state index in [0.29, 0.717) is 0 Å². The van der Waals surface area contributed by atoms with Gasteiger partial charge in [0, 0.05) is 39.0 Å². The van der Waals surface area contributed by atoms with Gasteiger partial charge >= 0.3 is 0 Å². The van der Waals surface area contributed by atoms with E-state index in [1.165, 1.54) is 11.1 Å². The Kier molecular flexibility index (Phi) is 4.71. The van der Waals surface area contributed by atoms with Crippen molar-refractivity contribution in [3.63, 3.8) is 0 Å². The van der Waals surface area contributed by atoms with Crippen LogP contribution in [0.2, 0.25) is 0 Å². The third kappa shape index (κ3) is 3.91. The number of hydrogen-bond donors (Lipinski definition) is 0. The Bertz CT molecular complexity index is 495. The van der Waals surface area contributed by atoms with Crippen LogP contribution in [-0.2, 0) is 18.3 Å². The van der Waals surface area contributed by atoms with Gasteiger partial charge in [-0.2, -0.15) is 5.10 Å². The van der Waals surface area contributed by atoms with Gasteiger partial charge in [0.1, 0.15) is 0 Å². The minimum Gasteiger partial charge on any atom is -0.375 e. The highest BCUT2D eigenvalue weighted by molar-refractivity contribution is 5.18. The van der Waals surface area contributed by atoms with Crippen LogP contribution < -0.4 is 0 Å². The molecule has 4 heteroatoms. The van der Waals surface area contributed by atoms with E-state index in [4.69, 9.17) is 4.74 Å². The largest absolute Gasteiger partial charge is 0.375 e. The molecule has 0 N–H and O–H groups in total. The molecule has 0 fully saturated rings. The average molecular weight is 259 g/mol. The summed E-state index contributed by atoms with van der Waals surface area (Å²) in [6.45, 7) is 1.73. The van der Waals surface area contributed by atoms with Crippen LogP contribution in [-0.4, -0.2) is 35.4 Å². The number of benzene rings is 1. The van der Waals surface area contributed by atoms with Crippen LogP contribution in [0, 0.1) is 0 Å². The van der Waals surface area contributed by atoms with Crippen LogP contribution in [0.3, 0.4) is 0 Å². The van der Waals surface area contributed by atoms with E-state index in [9.17, 15) is 0 Å². The van der Waals surface area contributed by atoms with Crippen molar-refractivity contribution in [2.45, 2.75) is 12.6 Å². The summed E-state index contributed by atoms with van der Waals surface area (Å²) in [6.07, 6.45) is 4.05. The van der Waals surface area contributed by atoms with Gasteiger partial charge in [-0.3, -0.25) is 9.58 Å². The Morgan fingerprint density at radius 2 is 2.05 bits per heavy atom. The minimum atomic E-state index is 0.0999. The number of rotatable bonds is 6. The second-order valence-electron chi connectivity index (χ2n) is 4.85. The van der Waals surface area contributed by atoms with Crippen LogP contribution in [0.4, 0.5) is 0 Å². The van der Waals surface area contributed by atoms with Gasteiger partial charge in [0.25, 0.3) is 0 Å². The Balaban J connectivity index is 1.95. The van der Waals surface area contributed by atoms with Gasteiger partial charge in [-0.1, -0.05) is 30.3 Å². The molecule has 0 spiro atoms. The van der Waals surface area contributed by atoms with E-state index in [2.05, 4.69) is 29.2 Å². The van der Waals surface area contributed by atoms with Gasteiger partial charge in [0.05, 0.1) is 12.3 Å². The lowest BCUT2D eigenvalue weighted by molar-refractivity contribution is 0.0696. The van der Waals surface area contributed by atoms with E-state index in [1.54, 1.807) is 7.11 Å². The fourth-order valence-electron chi connectivity index (χ4n) is 2.20. The molecule has 0 aliphatic rings. The molecule has 0 aliphatic carbocycles. The highest BCUT2D eigenvalue weighted by Gasteiger charge is 2.13. The summed E-state index contributed by atoms with van der Waals surface area (Å²) in [6, 6.07) is 10.3. The van der Waals surface area contributed by atoms with Crippen LogP contribution in [0.1, 0.15) is 17.2 Å². The Labute approximate surface area is 114 Å². The lowest BCUT2D eigenvalue weighted by atomic mass is 10.1. The van der Waals surface area contributed by atoms with Crippen molar-refractivity contribution >= 4 is 0 Å². The van der Waals surface area contributed by atoms with E-state index >= 15 is 0 Å². The molecule has 0 saturated heterocycles.